The van der Waals surface area contributed by atoms with Gasteiger partial charge in [-0.05, 0) is 53.2 Å². The Morgan fingerprint density at radius 1 is 1.35 bits per heavy atom. The van der Waals surface area contributed by atoms with Crippen molar-refractivity contribution in [2.24, 2.45) is 0 Å². The van der Waals surface area contributed by atoms with Gasteiger partial charge in [-0.1, -0.05) is 12.1 Å². The van der Waals surface area contributed by atoms with Gasteiger partial charge in [0, 0.05) is 5.56 Å². The maximum absolute atomic E-state index is 13.6. The number of hydrogen-bond acceptors (Lipinski definition) is 2. The molecule has 1 aromatic carbocycles. The van der Waals surface area contributed by atoms with Crippen LogP contribution in [0.2, 0.25) is 0 Å². The fraction of sp³-hybridized carbons (Fsp3) is 0.231. The molecule has 90 valence electrons. The lowest BCUT2D eigenvalue weighted by atomic mass is 10.00. The highest BCUT2D eigenvalue weighted by molar-refractivity contribution is 9.10. The predicted octanol–water partition coefficient (Wildman–Crippen LogP) is 3.80. The molecule has 0 amide bonds. The van der Waals surface area contributed by atoms with E-state index in [4.69, 9.17) is 4.42 Å². The molecule has 4 heteroatoms. The van der Waals surface area contributed by atoms with Crippen LogP contribution in [-0.2, 0) is 0 Å². The highest BCUT2D eigenvalue weighted by Gasteiger charge is 2.17. The van der Waals surface area contributed by atoms with Crippen molar-refractivity contribution < 1.29 is 8.81 Å². The number of benzene rings is 1. The maximum atomic E-state index is 13.6. The first-order valence-corrected chi connectivity index (χ1v) is 6.09. The third-order valence-electron chi connectivity index (χ3n) is 2.77. The molecule has 2 nitrogen and oxygen atoms in total. The Bertz CT molecular complexity index is 524. The molecule has 1 atom stereocenters. The Kier molecular flexibility index (Phi) is 3.64. The number of aryl methyl sites for hydroxylation is 1. The minimum atomic E-state index is -0.192. The molecule has 0 bridgehead atoms. The second-order valence-electron chi connectivity index (χ2n) is 3.88. The molecule has 0 fully saturated rings. The normalized spacial score (nSPS) is 12.7. The third kappa shape index (κ3) is 2.42. The number of furan rings is 1. The molecule has 0 saturated heterocycles. The van der Waals surface area contributed by atoms with Gasteiger partial charge in [-0.15, -0.1) is 0 Å². The van der Waals surface area contributed by atoms with Crippen LogP contribution < -0.4 is 5.32 Å². The Balaban J connectivity index is 2.42. The molecule has 0 radical (unpaired) electrons. The van der Waals surface area contributed by atoms with Crippen molar-refractivity contribution in [3.8, 4) is 0 Å². The molecule has 1 aromatic heterocycles. The van der Waals surface area contributed by atoms with Crippen molar-refractivity contribution in [1.82, 2.24) is 5.32 Å². The predicted molar refractivity (Wildman–Crippen MR) is 68.4 cm³/mol. The summed E-state index contributed by atoms with van der Waals surface area (Å²) in [5.74, 6) is -0.192. The number of nitrogens with one attached hydrogen (secondary N) is 1. The van der Waals surface area contributed by atoms with E-state index in [1.165, 1.54) is 0 Å². The van der Waals surface area contributed by atoms with E-state index in [1.54, 1.807) is 25.3 Å². The summed E-state index contributed by atoms with van der Waals surface area (Å²) in [5, 5.41) is 3.15. The number of rotatable bonds is 3. The molecule has 1 unspecified atom stereocenters. The maximum Gasteiger partial charge on any atom is 0.174 e. The number of halogens is 2. The number of hydrogen-bond donors (Lipinski definition) is 1. The minimum Gasteiger partial charge on any atom is -0.457 e. The molecule has 17 heavy (non-hydrogen) atoms. The summed E-state index contributed by atoms with van der Waals surface area (Å²) in [4.78, 5) is 0. The molecule has 0 spiro atoms. The average molecular weight is 298 g/mol. The largest absolute Gasteiger partial charge is 0.457 e. The summed E-state index contributed by atoms with van der Waals surface area (Å²) in [6.07, 6.45) is 1.61. The van der Waals surface area contributed by atoms with Crippen molar-refractivity contribution in [2.75, 3.05) is 7.05 Å². The molecule has 0 aliphatic carbocycles. The summed E-state index contributed by atoms with van der Waals surface area (Å²) < 4.78 is 19.4. The molecular weight excluding hydrogens is 285 g/mol. The van der Waals surface area contributed by atoms with Crippen LogP contribution in [0.25, 0.3) is 0 Å². The molecule has 1 N–H and O–H groups in total. The first-order valence-electron chi connectivity index (χ1n) is 5.29. The standard InChI is InChI=1S/C13H13BrFNO/c1-8-3-4-9(7-11(8)15)12(16-2)10-5-6-17-13(10)14/h3-7,12,16H,1-2H3. The van der Waals surface area contributed by atoms with E-state index in [2.05, 4.69) is 21.2 Å². The second-order valence-corrected chi connectivity index (χ2v) is 4.60. The molecule has 1 heterocycles. The van der Waals surface area contributed by atoms with Crippen LogP contribution in [0.1, 0.15) is 22.7 Å². The van der Waals surface area contributed by atoms with Crippen LogP contribution in [0, 0.1) is 12.7 Å². The fourth-order valence-electron chi connectivity index (χ4n) is 1.80. The van der Waals surface area contributed by atoms with Crippen molar-refractivity contribution in [1.29, 1.82) is 0 Å². The molecule has 0 saturated carbocycles. The van der Waals surface area contributed by atoms with Crippen molar-refractivity contribution in [3.63, 3.8) is 0 Å². The molecule has 2 rings (SSSR count). The first kappa shape index (κ1) is 12.3. The fourth-order valence-corrected chi connectivity index (χ4v) is 2.27. The van der Waals surface area contributed by atoms with E-state index in [1.807, 2.05) is 19.2 Å². The van der Waals surface area contributed by atoms with E-state index in [0.717, 1.165) is 11.1 Å². The van der Waals surface area contributed by atoms with Gasteiger partial charge in [0.15, 0.2) is 4.67 Å². The van der Waals surface area contributed by atoms with Gasteiger partial charge in [0.1, 0.15) is 5.82 Å². The topological polar surface area (TPSA) is 25.2 Å². The van der Waals surface area contributed by atoms with E-state index < -0.39 is 0 Å². The smallest absolute Gasteiger partial charge is 0.174 e. The summed E-state index contributed by atoms with van der Waals surface area (Å²) >= 11 is 3.34. The minimum absolute atomic E-state index is 0.0850. The summed E-state index contributed by atoms with van der Waals surface area (Å²) in [5.41, 5.74) is 2.48. The molecule has 0 aliphatic rings. The van der Waals surface area contributed by atoms with E-state index in [9.17, 15) is 4.39 Å². The van der Waals surface area contributed by atoms with E-state index in [-0.39, 0.29) is 11.9 Å². The van der Waals surface area contributed by atoms with Crippen LogP contribution in [0.5, 0.6) is 0 Å². The third-order valence-corrected chi connectivity index (χ3v) is 3.42. The lowest BCUT2D eigenvalue weighted by Crippen LogP contribution is -2.17. The Morgan fingerprint density at radius 3 is 2.65 bits per heavy atom. The van der Waals surface area contributed by atoms with Gasteiger partial charge in [-0.25, -0.2) is 4.39 Å². The van der Waals surface area contributed by atoms with Gasteiger partial charge < -0.3 is 9.73 Å². The SMILES string of the molecule is CNC(c1ccc(C)c(F)c1)c1ccoc1Br. The lowest BCUT2D eigenvalue weighted by Gasteiger charge is -2.16. The highest BCUT2D eigenvalue weighted by atomic mass is 79.9. The average Bonchev–Trinajstić information content (AvgIpc) is 2.71. The first-order chi connectivity index (χ1) is 8.13. The van der Waals surface area contributed by atoms with Gasteiger partial charge in [0.2, 0.25) is 0 Å². The Labute approximate surface area is 108 Å². The van der Waals surface area contributed by atoms with Gasteiger partial charge in [-0.3, -0.25) is 0 Å². The van der Waals surface area contributed by atoms with Gasteiger partial charge >= 0.3 is 0 Å². The Morgan fingerprint density at radius 2 is 2.12 bits per heavy atom. The highest BCUT2D eigenvalue weighted by Crippen LogP contribution is 2.29. The zero-order chi connectivity index (χ0) is 12.4. The van der Waals surface area contributed by atoms with Gasteiger partial charge in [0.25, 0.3) is 0 Å². The van der Waals surface area contributed by atoms with Crippen molar-refractivity contribution in [2.45, 2.75) is 13.0 Å². The van der Waals surface area contributed by atoms with Crippen molar-refractivity contribution in [3.05, 3.63) is 57.7 Å². The summed E-state index contributed by atoms with van der Waals surface area (Å²) in [6, 6.07) is 7.03. The summed E-state index contributed by atoms with van der Waals surface area (Å²) in [7, 11) is 1.84. The zero-order valence-electron chi connectivity index (χ0n) is 9.63. The molecule has 0 aliphatic heterocycles. The monoisotopic (exact) mass is 297 g/mol. The Hall–Kier alpha value is -1.13. The van der Waals surface area contributed by atoms with Crippen LogP contribution in [0.3, 0.4) is 0 Å². The van der Waals surface area contributed by atoms with Crippen LogP contribution in [-0.4, -0.2) is 7.05 Å². The van der Waals surface area contributed by atoms with E-state index in [0.29, 0.717) is 10.2 Å². The van der Waals surface area contributed by atoms with Gasteiger partial charge in [-0.2, -0.15) is 0 Å². The quantitative estimate of drug-likeness (QED) is 0.932. The molecular formula is C13H13BrFNO. The lowest BCUT2D eigenvalue weighted by molar-refractivity contribution is 0.529. The van der Waals surface area contributed by atoms with Crippen LogP contribution >= 0.6 is 15.9 Å². The van der Waals surface area contributed by atoms with Crippen LogP contribution in [0.4, 0.5) is 4.39 Å². The zero-order valence-corrected chi connectivity index (χ0v) is 11.2. The second kappa shape index (κ2) is 5.02. The van der Waals surface area contributed by atoms with E-state index >= 15 is 0 Å². The van der Waals surface area contributed by atoms with Gasteiger partial charge in [0.05, 0.1) is 12.3 Å². The van der Waals surface area contributed by atoms with Crippen LogP contribution in [0.15, 0.2) is 39.6 Å². The van der Waals surface area contributed by atoms with Crippen molar-refractivity contribution >= 4 is 15.9 Å². The summed E-state index contributed by atoms with van der Waals surface area (Å²) in [6.45, 7) is 1.75. The molecule has 2 aromatic rings.